The molecule has 1 N–H and O–H groups in total. The van der Waals surface area contributed by atoms with Crippen LogP contribution in [0.5, 0.6) is 5.75 Å². The quantitative estimate of drug-likeness (QED) is 0.507. The molecule has 4 rings (SSSR count). The zero-order chi connectivity index (χ0) is 18.1. The fraction of sp³-hybridized carbons (Fsp3) is 0.0952. The largest absolute Gasteiger partial charge is 0.482 e. The minimum Gasteiger partial charge on any atom is -0.482 e. The number of ketones is 1. The van der Waals surface area contributed by atoms with Gasteiger partial charge in [0.15, 0.2) is 11.9 Å². The Kier molecular flexibility index (Phi) is 4.83. The number of halogens is 2. The van der Waals surface area contributed by atoms with Crippen LogP contribution in [0.25, 0.3) is 0 Å². The Hall–Kier alpha value is -2.11. The molecule has 2 atom stereocenters. The van der Waals surface area contributed by atoms with Gasteiger partial charge in [0.2, 0.25) is 0 Å². The van der Waals surface area contributed by atoms with Crippen molar-refractivity contribution in [1.82, 2.24) is 0 Å². The summed E-state index contributed by atoms with van der Waals surface area (Å²) in [5, 5.41) is 3.35. The summed E-state index contributed by atoms with van der Waals surface area (Å²) < 4.78 is 8.21. The summed E-state index contributed by atoms with van der Waals surface area (Å²) in [5.74, 6) is 0.655. The Balaban J connectivity index is 1.74. The van der Waals surface area contributed by atoms with E-state index in [4.69, 9.17) is 4.74 Å². The number of Topliss-reactive ketones (excluding diaryl/α,β-unsaturated/α-hetero) is 1. The lowest BCUT2D eigenvalue weighted by Crippen LogP contribution is -2.42. The fourth-order valence-electron chi connectivity index (χ4n) is 3.06. The lowest BCUT2D eigenvalue weighted by Gasteiger charge is -2.34. The molecular weight excluding hydrogens is 458 g/mol. The summed E-state index contributed by atoms with van der Waals surface area (Å²) in [6.45, 7) is 0. The molecule has 3 aromatic rings. The first kappa shape index (κ1) is 17.3. The van der Waals surface area contributed by atoms with E-state index in [0.717, 1.165) is 20.2 Å². The van der Waals surface area contributed by atoms with Crippen molar-refractivity contribution in [2.24, 2.45) is 0 Å². The molecule has 0 spiro atoms. The van der Waals surface area contributed by atoms with Crippen molar-refractivity contribution in [3.63, 3.8) is 0 Å². The van der Waals surface area contributed by atoms with Gasteiger partial charge in [-0.15, -0.1) is 0 Å². The summed E-state index contributed by atoms with van der Waals surface area (Å²) in [7, 11) is 0. The van der Waals surface area contributed by atoms with Crippen molar-refractivity contribution >= 4 is 43.3 Å². The minimum absolute atomic E-state index is 0.0303. The average molecular weight is 473 g/mol. The van der Waals surface area contributed by atoms with Crippen LogP contribution in [-0.4, -0.2) is 11.8 Å². The van der Waals surface area contributed by atoms with Crippen LogP contribution in [0, 0.1) is 0 Å². The second-order valence-electron chi connectivity index (χ2n) is 6.08. The van der Waals surface area contributed by atoms with Gasteiger partial charge < -0.3 is 10.1 Å². The summed E-state index contributed by atoms with van der Waals surface area (Å²) in [4.78, 5) is 13.2. The van der Waals surface area contributed by atoms with E-state index in [0.29, 0.717) is 11.3 Å². The number of nitrogens with one attached hydrogen (secondary N) is 1. The van der Waals surface area contributed by atoms with Crippen LogP contribution in [0.1, 0.15) is 22.0 Å². The molecule has 0 fully saturated rings. The summed E-state index contributed by atoms with van der Waals surface area (Å²) in [6, 6.07) is 22.5. The zero-order valence-corrected chi connectivity index (χ0v) is 16.8. The van der Waals surface area contributed by atoms with E-state index in [-0.39, 0.29) is 5.78 Å². The summed E-state index contributed by atoms with van der Waals surface area (Å²) >= 11 is 6.89. The third kappa shape index (κ3) is 3.41. The van der Waals surface area contributed by atoms with Crippen molar-refractivity contribution in [2.45, 2.75) is 12.1 Å². The van der Waals surface area contributed by atoms with Gasteiger partial charge in [-0.25, -0.2) is 0 Å². The van der Waals surface area contributed by atoms with E-state index >= 15 is 0 Å². The first-order valence-electron chi connectivity index (χ1n) is 8.19. The smallest absolute Gasteiger partial charge is 0.192 e. The molecule has 5 heteroatoms. The van der Waals surface area contributed by atoms with Crippen LogP contribution >= 0.6 is 31.9 Å². The van der Waals surface area contributed by atoms with Gasteiger partial charge in [-0.2, -0.15) is 0 Å². The lowest BCUT2D eigenvalue weighted by atomic mass is 9.91. The zero-order valence-electron chi connectivity index (χ0n) is 13.7. The Morgan fingerprint density at radius 1 is 0.808 bits per heavy atom. The second-order valence-corrected chi connectivity index (χ2v) is 7.91. The molecule has 0 bridgehead atoms. The van der Waals surface area contributed by atoms with Crippen LogP contribution < -0.4 is 10.1 Å². The van der Waals surface area contributed by atoms with Gasteiger partial charge >= 0.3 is 0 Å². The van der Waals surface area contributed by atoms with Crippen molar-refractivity contribution in [3.8, 4) is 5.75 Å². The summed E-state index contributed by atoms with van der Waals surface area (Å²) in [6.07, 6.45) is -0.408. The molecule has 0 radical (unpaired) electrons. The van der Waals surface area contributed by atoms with Crippen LogP contribution in [0.4, 0.5) is 5.69 Å². The van der Waals surface area contributed by atoms with Gasteiger partial charge in [0.05, 0.1) is 5.56 Å². The Labute approximate surface area is 168 Å². The maximum Gasteiger partial charge on any atom is 0.192 e. The number of fused-ring (bicyclic) bond motifs is 1. The molecule has 1 aliphatic rings. The molecule has 3 nitrogen and oxygen atoms in total. The maximum atomic E-state index is 13.2. The number of benzene rings is 3. The van der Waals surface area contributed by atoms with Crippen LogP contribution in [-0.2, 0) is 0 Å². The van der Waals surface area contributed by atoms with Gasteiger partial charge in [-0.1, -0.05) is 56.1 Å². The molecule has 130 valence electrons. The number of carbonyl (C=O) groups is 1. The molecule has 26 heavy (non-hydrogen) atoms. The second kappa shape index (κ2) is 7.25. The third-order valence-electron chi connectivity index (χ3n) is 4.36. The number of hydrogen-bond donors (Lipinski definition) is 1. The van der Waals surface area contributed by atoms with Crippen LogP contribution in [0.15, 0.2) is 81.7 Å². The van der Waals surface area contributed by atoms with Gasteiger partial charge in [-0.05, 0) is 54.1 Å². The van der Waals surface area contributed by atoms with E-state index in [1.807, 2.05) is 72.8 Å². The number of ether oxygens (including phenoxy) is 1. The van der Waals surface area contributed by atoms with Gasteiger partial charge in [0.1, 0.15) is 11.8 Å². The highest BCUT2D eigenvalue weighted by Crippen LogP contribution is 2.36. The molecule has 1 heterocycles. The predicted molar refractivity (Wildman–Crippen MR) is 110 cm³/mol. The normalized spacial score (nSPS) is 18.8. The number of hydrogen-bond acceptors (Lipinski definition) is 3. The molecule has 2 unspecified atom stereocenters. The SMILES string of the molecule is O=C1c2ccccc2OC(c2ccc(Br)cc2)C1Nc1ccc(Br)cc1. The van der Waals surface area contributed by atoms with Crippen molar-refractivity contribution in [3.05, 3.63) is 92.9 Å². The highest BCUT2D eigenvalue weighted by atomic mass is 79.9. The maximum absolute atomic E-state index is 13.2. The van der Waals surface area contributed by atoms with Crippen molar-refractivity contribution in [2.75, 3.05) is 5.32 Å². The molecule has 0 saturated carbocycles. The van der Waals surface area contributed by atoms with E-state index in [9.17, 15) is 4.79 Å². The molecule has 0 saturated heterocycles. The predicted octanol–water partition coefficient (Wildman–Crippen LogP) is 6.01. The van der Waals surface area contributed by atoms with E-state index in [1.54, 1.807) is 0 Å². The van der Waals surface area contributed by atoms with Crippen LogP contribution in [0.2, 0.25) is 0 Å². The van der Waals surface area contributed by atoms with E-state index in [1.165, 1.54) is 0 Å². The lowest BCUT2D eigenvalue weighted by molar-refractivity contribution is 0.0812. The van der Waals surface area contributed by atoms with E-state index in [2.05, 4.69) is 37.2 Å². The number of carbonyl (C=O) groups excluding carboxylic acids is 1. The monoisotopic (exact) mass is 471 g/mol. The van der Waals surface area contributed by atoms with Gasteiger partial charge in [-0.3, -0.25) is 4.79 Å². The van der Waals surface area contributed by atoms with E-state index < -0.39 is 12.1 Å². The molecule has 0 aliphatic carbocycles. The Bertz CT molecular complexity index is 939. The Morgan fingerprint density at radius 2 is 1.42 bits per heavy atom. The molecular formula is C21H15Br2NO2. The van der Waals surface area contributed by atoms with Crippen molar-refractivity contribution in [1.29, 1.82) is 0 Å². The first-order valence-corrected chi connectivity index (χ1v) is 9.78. The molecule has 0 amide bonds. The van der Waals surface area contributed by atoms with Crippen molar-refractivity contribution < 1.29 is 9.53 Å². The molecule has 3 aromatic carbocycles. The topological polar surface area (TPSA) is 38.3 Å². The number of anilines is 1. The minimum atomic E-state index is -0.507. The highest BCUT2D eigenvalue weighted by Gasteiger charge is 2.38. The highest BCUT2D eigenvalue weighted by molar-refractivity contribution is 9.10. The third-order valence-corrected chi connectivity index (χ3v) is 5.41. The fourth-order valence-corrected chi connectivity index (χ4v) is 3.59. The number of rotatable bonds is 3. The standard InChI is InChI=1S/C21H15Br2NO2/c22-14-7-5-13(6-8-14)21-19(24-16-11-9-15(23)10-12-16)20(25)17-3-1-2-4-18(17)26-21/h1-12,19,21,24H. The van der Waals surface area contributed by atoms with Crippen LogP contribution in [0.3, 0.4) is 0 Å². The van der Waals surface area contributed by atoms with Gasteiger partial charge in [0.25, 0.3) is 0 Å². The Morgan fingerprint density at radius 3 is 2.12 bits per heavy atom. The molecule has 1 aliphatic heterocycles. The first-order chi connectivity index (χ1) is 12.6. The summed E-state index contributed by atoms with van der Waals surface area (Å²) in [5.41, 5.74) is 2.43. The average Bonchev–Trinajstić information content (AvgIpc) is 2.66. The number of para-hydroxylation sites is 1. The van der Waals surface area contributed by atoms with Gasteiger partial charge in [0, 0.05) is 14.6 Å². The molecule has 0 aromatic heterocycles.